The average Bonchev–Trinajstić information content (AvgIpc) is 3.30. The van der Waals surface area contributed by atoms with Crippen LogP contribution >= 0.6 is 46.3 Å². The summed E-state index contributed by atoms with van der Waals surface area (Å²) in [6.45, 7) is 5.85. The van der Waals surface area contributed by atoms with Crippen molar-refractivity contribution in [1.29, 1.82) is 0 Å². The van der Waals surface area contributed by atoms with Crippen molar-refractivity contribution in [2.24, 2.45) is 0 Å². The lowest BCUT2D eigenvalue weighted by Gasteiger charge is -2.20. The number of aryl methyl sites for hydroxylation is 1. The number of nitrogens with one attached hydrogen (secondary N) is 1. The van der Waals surface area contributed by atoms with E-state index >= 15 is 0 Å². The zero-order chi connectivity index (χ0) is 22.9. The molecule has 0 bridgehead atoms. The van der Waals surface area contributed by atoms with Gasteiger partial charge in [0.2, 0.25) is 0 Å². The summed E-state index contributed by atoms with van der Waals surface area (Å²) in [6, 6.07) is 5.25. The first-order chi connectivity index (χ1) is 14.6. The summed E-state index contributed by atoms with van der Waals surface area (Å²) in [6.07, 6.45) is 0. The van der Waals surface area contributed by atoms with Crippen molar-refractivity contribution < 1.29 is 13.5 Å². The Labute approximate surface area is 199 Å². The van der Waals surface area contributed by atoms with Gasteiger partial charge in [-0.05, 0) is 19.1 Å². The Morgan fingerprint density at radius 3 is 2.52 bits per heavy atom. The second-order valence-electron chi connectivity index (χ2n) is 6.45. The molecular formula is C18H21Cl2N5O3S3. The van der Waals surface area contributed by atoms with E-state index in [1.807, 2.05) is 0 Å². The molecule has 2 heterocycles. The Morgan fingerprint density at radius 2 is 1.87 bits per heavy atom. The summed E-state index contributed by atoms with van der Waals surface area (Å²) in [5, 5.41) is 14.6. The summed E-state index contributed by atoms with van der Waals surface area (Å²) in [5.41, 5.74) is 0.899. The molecule has 3 rings (SSSR count). The van der Waals surface area contributed by atoms with E-state index in [2.05, 4.69) is 14.1 Å². The van der Waals surface area contributed by atoms with Gasteiger partial charge in [-0.15, -0.1) is 11.3 Å². The van der Waals surface area contributed by atoms with E-state index in [0.717, 1.165) is 23.1 Å². The van der Waals surface area contributed by atoms with Crippen molar-refractivity contribution in [3.05, 3.63) is 33.1 Å². The first kappa shape index (κ1) is 24.0. The molecule has 0 aliphatic heterocycles. The Morgan fingerprint density at radius 1 is 1.19 bits per heavy atom. The summed E-state index contributed by atoms with van der Waals surface area (Å²) < 4.78 is 35.6. The summed E-state index contributed by atoms with van der Waals surface area (Å²) in [7, 11) is -2.05. The maximum atomic E-state index is 12.9. The number of aromatic hydroxyl groups is 1. The van der Waals surface area contributed by atoms with Gasteiger partial charge in [0.15, 0.2) is 21.6 Å². The van der Waals surface area contributed by atoms with Crippen molar-refractivity contribution in [1.82, 2.24) is 13.1 Å². The van der Waals surface area contributed by atoms with E-state index in [9.17, 15) is 13.5 Å². The number of benzene rings is 1. The minimum atomic E-state index is -3.81. The van der Waals surface area contributed by atoms with Crippen LogP contribution in [0.5, 0.6) is 5.75 Å². The average molecular weight is 523 g/mol. The molecule has 2 aromatic heterocycles. The highest BCUT2D eigenvalue weighted by Gasteiger charge is 2.31. The minimum Gasteiger partial charge on any atom is -0.504 e. The highest BCUT2D eigenvalue weighted by Crippen LogP contribution is 2.45. The summed E-state index contributed by atoms with van der Waals surface area (Å²) in [5.74, 6) is 0.468. The van der Waals surface area contributed by atoms with Gasteiger partial charge in [0, 0.05) is 25.0 Å². The lowest BCUT2D eigenvalue weighted by Crippen LogP contribution is -2.30. The fourth-order valence-corrected chi connectivity index (χ4v) is 7.03. The third-order valence-corrected chi connectivity index (χ3v) is 9.59. The zero-order valence-electron chi connectivity index (χ0n) is 17.2. The fraction of sp³-hybridized carbons (Fsp3) is 0.333. The first-order valence-electron chi connectivity index (χ1n) is 9.23. The molecule has 0 aliphatic carbocycles. The molecule has 0 unspecified atom stereocenters. The SMILES string of the molecule is CCN(CC)S(=O)(=O)c1sc(C)c(Nc2nsnc2N(C)c2cccc(Cl)c2Cl)c1O. The normalized spacial score (nSPS) is 11.8. The molecule has 0 saturated carbocycles. The summed E-state index contributed by atoms with van der Waals surface area (Å²) >= 11 is 14.4. The zero-order valence-corrected chi connectivity index (χ0v) is 21.1. The predicted octanol–water partition coefficient (Wildman–Crippen LogP) is 5.46. The van der Waals surface area contributed by atoms with Gasteiger partial charge in [-0.1, -0.05) is 43.1 Å². The highest BCUT2D eigenvalue weighted by atomic mass is 35.5. The Bertz CT molecular complexity index is 1190. The molecule has 31 heavy (non-hydrogen) atoms. The molecular weight excluding hydrogens is 501 g/mol. The molecule has 0 amide bonds. The van der Waals surface area contributed by atoms with Gasteiger partial charge in [0.05, 0.1) is 33.1 Å². The number of aromatic nitrogens is 2. The van der Waals surface area contributed by atoms with Crippen LogP contribution in [-0.4, -0.2) is 46.7 Å². The topological polar surface area (TPSA) is 98.7 Å². The predicted molar refractivity (Wildman–Crippen MR) is 129 cm³/mol. The Balaban J connectivity index is 1.98. The van der Waals surface area contributed by atoms with E-state index in [1.54, 1.807) is 50.9 Å². The second-order valence-corrected chi connectivity index (χ2v) is 11.1. The molecule has 3 aromatic rings. The van der Waals surface area contributed by atoms with E-state index < -0.39 is 10.0 Å². The van der Waals surface area contributed by atoms with Crippen molar-refractivity contribution in [3.8, 4) is 5.75 Å². The van der Waals surface area contributed by atoms with Gasteiger partial charge in [-0.2, -0.15) is 13.1 Å². The van der Waals surface area contributed by atoms with Gasteiger partial charge in [0.1, 0.15) is 0 Å². The third-order valence-electron chi connectivity index (χ3n) is 4.63. The molecule has 0 fully saturated rings. The van der Waals surface area contributed by atoms with E-state index in [4.69, 9.17) is 23.2 Å². The number of thiophene rings is 1. The molecule has 0 saturated heterocycles. The molecule has 13 heteroatoms. The van der Waals surface area contributed by atoms with Crippen LogP contribution in [0.3, 0.4) is 0 Å². The molecule has 0 spiro atoms. The van der Waals surface area contributed by atoms with Crippen LogP contribution in [0.2, 0.25) is 10.0 Å². The molecule has 0 radical (unpaired) electrons. The van der Waals surface area contributed by atoms with Crippen LogP contribution in [0.4, 0.5) is 23.0 Å². The van der Waals surface area contributed by atoms with Crippen LogP contribution in [0.1, 0.15) is 18.7 Å². The van der Waals surface area contributed by atoms with E-state index in [0.29, 0.717) is 45.3 Å². The number of nitrogens with zero attached hydrogens (tertiary/aromatic N) is 4. The van der Waals surface area contributed by atoms with Gasteiger partial charge >= 0.3 is 0 Å². The monoisotopic (exact) mass is 521 g/mol. The van der Waals surface area contributed by atoms with Crippen LogP contribution < -0.4 is 10.2 Å². The number of hydrogen-bond acceptors (Lipinski definition) is 9. The minimum absolute atomic E-state index is 0.104. The lowest BCUT2D eigenvalue weighted by molar-refractivity contribution is 0.434. The second kappa shape index (κ2) is 9.47. The molecule has 1 aromatic carbocycles. The third kappa shape index (κ3) is 4.48. The van der Waals surface area contributed by atoms with E-state index in [1.165, 1.54) is 4.31 Å². The maximum Gasteiger partial charge on any atom is 0.256 e. The largest absolute Gasteiger partial charge is 0.504 e. The quantitative estimate of drug-likeness (QED) is 0.405. The number of halogens is 2. The van der Waals surface area contributed by atoms with Gasteiger partial charge in [-0.25, -0.2) is 8.42 Å². The molecule has 2 N–H and O–H groups in total. The molecule has 0 aliphatic rings. The number of anilines is 4. The van der Waals surface area contributed by atoms with Crippen molar-refractivity contribution in [2.75, 3.05) is 30.4 Å². The maximum absolute atomic E-state index is 12.9. The van der Waals surface area contributed by atoms with Gasteiger partial charge in [-0.3, -0.25) is 0 Å². The van der Waals surface area contributed by atoms with Crippen molar-refractivity contribution >= 4 is 79.3 Å². The molecule has 0 atom stereocenters. The highest BCUT2D eigenvalue weighted by molar-refractivity contribution is 7.91. The lowest BCUT2D eigenvalue weighted by atomic mass is 10.3. The smallest absolute Gasteiger partial charge is 0.256 e. The Hall–Kier alpha value is -1.63. The van der Waals surface area contributed by atoms with Crippen molar-refractivity contribution in [3.63, 3.8) is 0 Å². The molecule has 8 nitrogen and oxygen atoms in total. The fourth-order valence-electron chi connectivity index (χ4n) is 2.98. The first-order valence-corrected chi connectivity index (χ1v) is 13.0. The van der Waals surface area contributed by atoms with Crippen LogP contribution in [0.25, 0.3) is 0 Å². The van der Waals surface area contributed by atoms with Gasteiger partial charge < -0.3 is 15.3 Å². The van der Waals surface area contributed by atoms with Crippen LogP contribution in [-0.2, 0) is 10.0 Å². The Kier molecular flexibility index (Phi) is 7.34. The van der Waals surface area contributed by atoms with Crippen LogP contribution in [0, 0.1) is 6.92 Å². The number of rotatable bonds is 8. The van der Waals surface area contributed by atoms with Crippen molar-refractivity contribution in [2.45, 2.75) is 25.0 Å². The summed E-state index contributed by atoms with van der Waals surface area (Å²) in [4.78, 5) is 2.32. The molecule has 168 valence electrons. The standard InChI is InChI=1S/C18H21Cl2N5O3S3/c1-5-25(6-2)31(27,28)18-15(26)14(10(3)29-18)21-16-17(23-30-22-16)24(4)12-9-7-8-11(19)13(12)20/h7-9,26H,5-6H2,1-4H3,(H,21,22). The number of hydrogen-bond donors (Lipinski definition) is 2. The van der Waals surface area contributed by atoms with E-state index in [-0.39, 0.29) is 15.6 Å². The van der Waals surface area contributed by atoms with Crippen LogP contribution in [0.15, 0.2) is 22.4 Å². The number of sulfonamides is 1. The van der Waals surface area contributed by atoms with Gasteiger partial charge in [0.25, 0.3) is 10.0 Å².